The van der Waals surface area contributed by atoms with E-state index in [0.29, 0.717) is 37.0 Å². The lowest BCUT2D eigenvalue weighted by molar-refractivity contribution is -0.131. The summed E-state index contributed by atoms with van der Waals surface area (Å²) >= 11 is 0. The molecule has 0 saturated carbocycles. The summed E-state index contributed by atoms with van der Waals surface area (Å²) in [7, 11) is 0. The minimum atomic E-state index is -0.0628. The van der Waals surface area contributed by atoms with Crippen LogP contribution in [0, 0.1) is 5.41 Å². The molecule has 5 rings (SSSR count). The third-order valence-electron chi connectivity index (χ3n) is 7.66. The Morgan fingerprint density at radius 3 is 2.53 bits per heavy atom. The Bertz CT molecular complexity index is 1010. The number of hydrogen-bond acceptors (Lipinski definition) is 7. The second-order valence-electron chi connectivity index (χ2n) is 10.4. The van der Waals surface area contributed by atoms with Crippen LogP contribution in [0.3, 0.4) is 0 Å². The molecule has 3 aliphatic heterocycles. The van der Waals surface area contributed by atoms with Crippen LogP contribution in [0.5, 0.6) is 0 Å². The van der Waals surface area contributed by atoms with Crippen LogP contribution < -0.4 is 0 Å². The standard InChI is InChI=1S/C25H34N6O3/c1-18(2)22-27-28-23(34-22)20-14-25(17-31(20)16-21(32)29-10-3-4-11-29)7-12-30(13-8-25)24(33)19-6-5-9-26-15-19/h5-6,9,15,18,20H,3-4,7-8,10-14,16-17H2,1-2H3. The van der Waals surface area contributed by atoms with E-state index in [-0.39, 0.29) is 29.2 Å². The van der Waals surface area contributed by atoms with E-state index in [9.17, 15) is 9.59 Å². The van der Waals surface area contributed by atoms with Gasteiger partial charge in [-0.05, 0) is 49.7 Å². The Morgan fingerprint density at radius 2 is 1.88 bits per heavy atom. The number of likely N-dealkylation sites (tertiary alicyclic amines) is 3. The molecule has 1 unspecified atom stereocenters. The molecule has 9 nitrogen and oxygen atoms in total. The zero-order valence-corrected chi connectivity index (χ0v) is 20.2. The molecule has 0 aliphatic carbocycles. The lowest BCUT2D eigenvalue weighted by Crippen LogP contribution is -2.45. The van der Waals surface area contributed by atoms with Crippen LogP contribution in [0.15, 0.2) is 28.9 Å². The second kappa shape index (κ2) is 9.44. The minimum absolute atomic E-state index is 0.0359. The number of rotatable bonds is 5. The molecule has 34 heavy (non-hydrogen) atoms. The fourth-order valence-corrected chi connectivity index (χ4v) is 5.63. The summed E-state index contributed by atoms with van der Waals surface area (Å²) in [6.45, 7) is 8.38. The summed E-state index contributed by atoms with van der Waals surface area (Å²) in [4.78, 5) is 36.2. The van der Waals surface area contributed by atoms with E-state index in [0.717, 1.165) is 51.7 Å². The van der Waals surface area contributed by atoms with Crippen molar-refractivity contribution in [3.63, 3.8) is 0 Å². The Balaban J connectivity index is 1.31. The number of amides is 2. The monoisotopic (exact) mass is 466 g/mol. The van der Waals surface area contributed by atoms with Crippen molar-refractivity contribution in [2.24, 2.45) is 5.41 Å². The van der Waals surface area contributed by atoms with Crippen molar-refractivity contribution in [2.75, 3.05) is 39.3 Å². The summed E-state index contributed by atoms with van der Waals surface area (Å²) in [6, 6.07) is 3.55. The maximum Gasteiger partial charge on any atom is 0.255 e. The molecule has 1 spiro atoms. The zero-order chi connectivity index (χ0) is 23.7. The van der Waals surface area contributed by atoms with Crippen LogP contribution in [-0.4, -0.2) is 81.0 Å². The van der Waals surface area contributed by atoms with Gasteiger partial charge in [-0.2, -0.15) is 0 Å². The number of hydrogen-bond donors (Lipinski definition) is 0. The van der Waals surface area contributed by atoms with Gasteiger partial charge >= 0.3 is 0 Å². The van der Waals surface area contributed by atoms with E-state index in [1.54, 1.807) is 18.5 Å². The first-order valence-corrected chi connectivity index (χ1v) is 12.5. The van der Waals surface area contributed by atoms with Gasteiger partial charge in [0.1, 0.15) is 0 Å². The van der Waals surface area contributed by atoms with Gasteiger partial charge in [0.25, 0.3) is 5.91 Å². The predicted octanol–water partition coefficient (Wildman–Crippen LogP) is 2.88. The van der Waals surface area contributed by atoms with Crippen LogP contribution in [0.4, 0.5) is 0 Å². The van der Waals surface area contributed by atoms with Crippen molar-refractivity contribution in [1.29, 1.82) is 0 Å². The Hall–Kier alpha value is -2.81. The molecule has 182 valence electrons. The van der Waals surface area contributed by atoms with E-state index in [2.05, 4.69) is 20.1 Å². The molecule has 1 atom stereocenters. The Labute approximate surface area is 200 Å². The fourth-order valence-electron chi connectivity index (χ4n) is 5.63. The highest BCUT2D eigenvalue weighted by molar-refractivity contribution is 5.93. The molecule has 2 aromatic heterocycles. The summed E-state index contributed by atoms with van der Waals surface area (Å²) in [5.41, 5.74) is 0.668. The molecular weight excluding hydrogens is 432 g/mol. The van der Waals surface area contributed by atoms with E-state index < -0.39 is 0 Å². The van der Waals surface area contributed by atoms with Gasteiger partial charge in [-0.3, -0.25) is 19.5 Å². The molecule has 0 radical (unpaired) electrons. The van der Waals surface area contributed by atoms with Crippen molar-refractivity contribution in [2.45, 2.75) is 57.9 Å². The first-order chi connectivity index (χ1) is 16.4. The number of pyridine rings is 1. The van der Waals surface area contributed by atoms with Crippen LogP contribution in [0.25, 0.3) is 0 Å². The molecule has 0 aromatic carbocycles. The van der Waals surface area contributed by atoms with Gasteiger partial charge in [-0.1, -0.05) is 13.8 Å². The summed E-state index contributed by atoms with van der Waals surface area (Å²) < 4.78 is 6.06. The largest absolute Gasteiger partial charge is 0.423 e. The van der Waals surface area contributed by atoms with Crippen LogP contribution in [-0.2, 0) is 4.79 Å². The molecule has 3 fully saturated rings. The van der Waals surface area contributed by atoms with Crippen LogP contribution in [0.1, 0.15) is 80.1 Å². The summed E-state index contributed by atoms with van der Waals surface area (Å²) in [5, 5.41) is 8.64. The van der Waals surface area contributed by atoms with Gasteiger partial charge in [0.2, 0.25) is 17.7 Å². The van der Waals surface area contributed by atoms with Crippen LogP contribution in [0.2, 0.25) is 0 Å². The maximum absolute atomic E-state index is 13.0. The van der Waals surface area contributed by atoms with Gasteiger partial charge in [0, 0.05) is 51.0 Å². The van der Waals surface area contributed by atoms with E-state index >= 15 is 0 Å². The molecule has 3 saturated heterocycles. The van der Waals surface area contributed by atoms with E-state index in [1.807, 2.05) is 29.7 Å². The first kappa shape index (κ1) is 23.0. The minimum Gasteiger partial charge on any atom is -0.423 e. The maximum atomic E-state index is 13.0. The SMILES string of the molecule is CC(C)c1nnc(C2CC3(CCN(C(=O)c4cccnc4)CC3)CN2CC(=O)N2CCCC2)o1. The molecule has 0 N–H and O–H groups in total. The van der Waals surface area contributed by atoms with Crippen molar-refractivity contribution < 1.29 is 14.0 Å². The first-order valence-electron chi connectivity index (χ1n) is 12.5. The summed E-state index contributed by atoms with van der Waals surface area (Å²) in [5.74, 6) is 1.64. The lowest BCUT2D eigenvalue weighted by atomic mass is 9.76. The van der Waals surface area contributed by atoms with Crippen LogP contribution >= 0.6 is 0 Å². The van der Waals surface area contributed by atoms with E-state index in [4.69, 9.17) is 4.42 Å². The van der Waals surface area contributed by atoms with Gasteiger partial charge in [0.05, 0.1) is 18.2 Å². The van der Waals surface area contributed by atoms with Crippen molar-refractivity contribution in [3.8, 4) is 0 Å². The Morgan fingerprint density at radius 1 is 1.12 bits per heavy atom. The highest BCUT2D eigenvalue weighted by Crippen LogP contribution is 2.49. The van der Waals surface area contributed by atoms with Crippen molar-refractivity contribution >= 4 is 11.8 Å². The third-order valence-corrected chi connectivity index (χ3v) is 7.66. The second-order valence-corrected chi connectivity index (χ2v) is 10.4. The number of aromatic nitrogens is 3. The number of carbonyl (C=O) groups is 2. The highest BCUT2D eigenvalue weighted by atomic mass is 16.4. The Kier molecular flexibility index (Phi) is 6.38. The van der Waals surface area contributed by atoms with Gasteiger partial charge < -0.3 is 14.2 Å². The molecule has 9 heteroatoms. The summed E-state index contributed by atoms with van der Waals surface area (Å²) in [6.07, 6.45) is 8.15. The smallest absolute Gasteiger partial charge is 0.255 e. The topological polar surface area (TPSA) is 95.7 Å². The van der Waals surface area contributed by atoms with Gasteiger partial charge in [0.15, 0.2) is 0 Å². The molecule has 2 amide bonds. The van der Waals surface area contributed by atoms with Gasteiger partial charge in [-0.25, -0.2) is 0 Å². The highest BCUT2D eigenvalue weighted by Gasteiger charge is 2.49. The average Bonchev–Trinajstić information content (AvgIpc) is 3.60. The predicted molar refractivity (Wildman–Crippen MR) is 125 cm³/mol. The van der Waals surface area contributed by atoms with Gasteiger partial charge in [-0.15, -0.1) is 10.2 Å². The van der Waals surface area contributed by atoms with Crippen molar-refractivity contribution in [3.05, 3.63) is 41.9 Å². The molecule has 5 heterocycles. The van der Waals surface area contributed by atoms with Crippen molar-refractivity contribution in [1.82, 2.24) is 29.9 Å². The number of nitrogens with zero attached hydrogens (tertiary/aromatic N) is 6. The molecule has 2 aromatic rings. The average molecular weight is 467 g/mol. The number of piperidine rings is 1. The zero-order valence-electron chi connectivity index (χ0n) is 20.2. The molecular formula is C25H34N6O3. The fraction of sp³-hybridized carbons (Fsp3) is 0.640. The molecule has 3 aliphatic rings. The normalized spacial score (nSPS) is 22.7. The van der Waals surface area contributed by atoms with E-state index in [1.165, 1.54) is 0 Å². The lowest BCUT2D eigenvalue weighted by Gasteiger charge is -2.39. The molecule has 0 bridgehead atoms. The third kappa shape index (κ3) is 4.58. The quantitative estimate of drug-likeness (QED) is 0.669. The number of carbonyl (C=O) groups excluding carboxylic acids is 2.